The minimum absolute atomic E-state index is 0.0359. The van der Waals surface area contributed by atoms with E-state index in [4.69, 9.17) is 10.5 Å². The zero-order valence-electron chi connectivity index (χ0n) is 20.6. The first-order valence-electron chi connectivity index (χ1n) is 11.2. The number of nitrogen functional groups attached to an aromatic ring is 1. The predicted octanol–water partition coefficient (Wildman–Crippen LogP) is 4.45. The van der Waals surface area contributed by atoms with Crippen molar-refractivity contribution < 1.29 is 39.5 Å². The molecule has 2 aromatic rings. The Kier molecular flexibility index (Phi) is 9.27. The monoisotopic (exact) mass is 598 g/mol. The Hall–Kier alpha value is -3.18. The summed E-state index contributed by atoms with van der Waals surface area (Å²) in [7, 11) is -4.73. The maximum absolute atomic E-state index is 13.3. The molecule has 0 aliphatic carbocycles. The van der Waals surface area contributed by atoms with E-state index in [0.29, 0.717) is 24.6 Å². The third kappa shape index (κ3) is 7.69. The Bertz CT molecular complexity index is 1360. The van der Waals surface area contributed by atoms with Crippen molar-refractivity contribution >= 4 is 33.4 Å². The fraction of sp³-hybridized carbons (Fsp3) is 0.409. The van der Waals surface area contributed by atoms with Gasteiger partial charge in [0.1, 0.15) is 12.4 Å². The SMILES string of the molecule is C\C=C(/C=C(\C=C(/C)C(F)(F)F)S(=O)(=O)N1CCN(c2nsnc2OCc2ccnc(N)c2)CC1)C(F)(F)F. The second-order valence-electron chi connectivity index (χ2n) is 8.28. The number of hydrogen-bond acceptors (Lipinski definition) is 9. The van der Waals surface area contributed by atoms with Crippen molar-refractivity contribution in [3.8, 4) is 5.88 Å². The summed E-state index contributed by atoms with van der Waals surface area (Å²) in [5, 5.41) is 0. The van der Waals surface area contributed by atoms with Gasteiger partial charge >= 0.3 is 12.4 Å². The van der Waals surface area contributed by atoms with Crippen molar-refractivity contribution in [3.63, 3.8) is 0 Å². The highest BCUT2D eigenvalue weighted by atomic mass is 32.2. The van der Waals surface area contributed by atoms with Gasteiger partial charge in [-0.3, -0.25) is 0 Å². The van der Waals surface area contributed by atoms with Gasteiger partial charge in [-0.1, -0.05) is 6.08 Å². The smallest absolute Gasteiger partial charge is 0.416 e. The highest BCUT2D eigenvalue weighted by Crippen LogP contribution is 2.33. The minimum atomic E-state index is -4.97. The summed E-state index contributed by atoms with van der Waals surface area (Å²) in [6.07, 6.45) is -7.39. The van der Waals surface area contributed by atoms with E-state index in [1.54, 1.807) is 17.0 Å². The first-order valence-corrected chi connectivity index (χ1v) is 13.4. The number of nitrogens with zero attached hydrogens (tertiary/aromatic N) is 5. The van der Waals surface area contributed by atoms with Crippen LogP contribution in [-0.4, -0.2) is 65.0 Å². The van der Waals surface area contributed by atoms with E-state index < -0.39 is 38.4 Å². The molecule has 3 rings (SSSR count). The van der Waals surface area contributed by atoms with Crippen LogP contribution in [0.15, 0.2) is 52.6 Å². The number of allylic oxidation sites excluding steroid dienone is 5. The van der Waals surface area contributed by atoms with E-state index >= 15 is 0 Å². The standard InChI is InChI=1S/C22H24F6N6O3S2/c1-3-16(22(26,27)28)12-17(10-14(2)21(23,24)25)39(35,36)34-8-6-33(7-9-34)19-20(32-38-31-19)37-13-15-4-5-30-18(29)11-15/h3-5,10-12H,6-9,13H2,1-2H3,(H2,29,30)/b14-10+,16-3+,17-12+. The van der Waals surface area contributed by atoms with Crippen molar-refractivity contribution in [2.75, 3.05) is 36.8 Å². The number of hydrogen-bond donors (Lipinski definition) is 1. The van der Waals surface area contributed by atoms with Crippen LogP contribution in [0.5, 0.6) is 5.88 Å². The van der Waals surface area contributed by atoms with Crippen LogP contribution in [0, 0.1) is 0 Å². The zero-order chi connectivity index (χ0) is 29.0. The average Bonchev–Trinajstić information content (AvgIpc) is 3.32. The van der Waals surface area contributed by atoms with Crippen LogP contribution >= 0.6 is 11.7 Å². The summed E-state index contributed by atoms with van der Waals surface area (Å²) in [5.74, 6) is 0.811. The topological polar surface area (TPSA) is 115 Å². The zero-order valence-corrected chi connectivity index (χ0v) is 22.3. The van der Waals surface area contributed by atoms with Crippen LogP contribution in [0.3, 0.4) is 0 Å². The molecule has 0 atom stereocenters. The number of alkyl halides is 6. The van der Waals surface area contributed by atoms with Crippen molar-refractivity contribution in [3.05, 3.63) is 58.2 Å². The Labute approximate surface area is 224 Å². The molecule has 9 nitrogen and oxygen atoms in total. The lowest BCUT2D eigenvalue weighted by Gasteiger charge is -2.34. The van der Waals surface area contributed by atoms with Gasteiger partial charge in [0, 0.05) is 37.9 Å². The summed E-state index contributed by atoms with van der Waals surface area (Å²) in [6.45, 7) is 1.31. The molecule has 0 spiro atoms. The second-order valence-corrected chi connectivity index (χ2v) is 10.7. The molecule has 1 saturated heterocycles. The van der Waals surface area contributed by atoms with Gasteiger partial charge in [-0.15, -0.1) is 4.37 Å². The van der Waals surface area contributed by atoms with Crippen molar-refractivity contribution in [1.82, 2.24) is 18.0 Å². The summed E-state index contributed by atoms with van der Waals surface area (Å²) in [5.41, 5.74) is 3.62. The molecule has 0 saturated carbocycles. The molecule has 0 unspecified atom stereocenters. The van der Waals surface area contributed by atoms with Crippen LogP contribution in [0.1, 0.15) is 19.4 Å². The summed E-state index contributed by atoms with van der Waals surface area (Å²) in [4.78, 5) is 4.43. The van der Waals surface area contributed by atoms with Gasteiger partial charge in [-0.2, -0.15) is 35.0 Å². The number of anilines is 2. The molecule has 214 valence electrons. The summed E-state index contributed by atoms with van der Waals surface area (Å²) < 4.78 is 121. The molecule has 39 heavy (non-hydrogen) atoms. The lowest BCUT2D eigenvalue weighted by atomic mass is 10.2. The van der Waals surface area contributed by atoms with E-state index in [9.17, 15) is 34.8 Å². The molecule has 0 amide bonds. The molecule has 0 aromatic carbocycles. The fourth-order valence-electron chi connectivity index (χ4n) is 3.45. The van der Waals surface area contributed by atoms with Gasteiger partial charge in [0.25, 0.3) is 5.88 Å². The molecule has 2 aromatic heterocycles. The van der Waals surface area contributed by atoms with Crippen LogP contribution in [0.4, 0.5) is 38.0 Å². The number of rotatable bonds is 8. The number of piperazine rings is 1. The maximum Gasteiger partial charge on any atom is 0.416 e. The number of pyridine rings is 1. The molecule has 3 heterocycles. The molecule has 1 aliphatic rings. The highest BCUT2D eigenvalue weighted by Gasteiger charge is 2.37. The first-order chi connectivity index (χ1) is 18.1. The first kappa shape index (κ1) is 30.4. The molecule has 1 aliphatic heterocycles. The lowest BCUT2D eigenvalue weighted by molar-refractivity contribution is -0.0913. The molecule has 2 N–H and O–H groups in total. The quantitative estimate of drug-likeness (QED) is 0.350. The Morgan fingerprint density at radius 2 is 1.77 bits per heavy atom. The Morgan fingerprint density at radius 1 is 1.10 bits per heavy atom. The molecule has 1 fully saturated rings. The van der Waals surface area contributed by atoms with Gasteiger partial charge in [-0.05, 0) is 43.7 Å². The summed E-state index contributed by atoms with van der Waals surface area (Å²) in [6, 6.07) is 3.30. The molecular weight excluding hydrogens is 574 g/mol. The van der Waals surface area contributed by atoms with Crippen molar-refractivity contribution in [2.24, 2.45) is 0 Å². The van der Waals surface area contributed by atoms with Gasteiger partial charge in [0.15, 0.2) is 0 Å². The van der Waals surface area contributed by atoms with Crippen molar-refractivity contribution in [1.29, 1.82) is 0 Å². The average molecular weight is 599 g/mol. The predicted molar refractivity (Wildman–Crippen MR) is 133 cm³/mol. The third-order valence-electron chi connectivity index (χ3n) is 5.58. The summed E-state index contributed by atoms with van der Waals surface area (Å²) >= 11 is 0.858. The molecular formula is C22H24F6N6O3S2. The fourth-order valence-corrected chi connectivity index (χ4v) is 5.52. The molecule has 17 heteroatoms. The minimum Gasteiger partial charge on any atom is -0.470 e. The molecule has 0 bridgehead atoms. The lowest BCUT2D eigenvalue weighted by Crippen LogP contribution is -2.49. The van der Waals surface area contributed by atoms with Crippen LogP contribution < -0.4 is 15.4 Å². The number of halogens is 6. The number of sulfonamides is 1. The third-order valence-corrected chi connectivity index (χ3v) is 7.96. The normalized spacial score (nSPS) is 17.0. The van der Waals surface area contributed by atoms with Gasteiger partial charge in [0.2, 0.25) is 15.8 Å². The Morgan fingerprint density at radius 3 is 2.33 bits per heavy atom. The van der Waals surface area contributed by atoms with E-state index in [1.165, 1.54) is 6.20 Å². The second kappa shape index (κ2) is 11.9. The number of nitrogens with two attached hydrogens (primary N) is 1. The Balaban J connectivity index is 1.80. The van der Waals surface area contributed by atoms with Crippen LogP contribution in [0.25, 0.3) is 0 Å². The van der Waals surface area contributed by atoms with Crippen LogP contribution in [-0.2, 0) is 16.6 Å². The number of ether oxygens (including phenoxy) is 1. The van der Waals surface area contributed by atoms with Gasteiger partial charge in [0.05, 0.1) is 22.2 Å². The highest BCUT2D eigenvalue weighted by molar-refractivity contribution is 7.93. The number of aromatic nitrogens is 3. The van der Waals surface area contributed by atoms with Crippen LogP contribution in [0.2, 0.25) is 0 Å². The van der Waals surface area contributed by atoms with E-state index in [-0.39, 0.29) is 50.8 Å². The van der Waals surface area contributed by atoms with E-state index in [0.717, 1.165) is 28.5 Å². The molecule has 0 radical (unpaired) electrons. The van der Waals surface area contributed by atoms with E-state index in [2.05, 4.69) is 13.7 Å². The van der Waals surface area contributed by atoms with Gasteiger partial charge < -0.3 is 15.4 Å². The maximum atomic E-state index is 13.3. The van der Waals surface area contributed by atoms with E-state index in [1.807, 2.05) is 0 Å². The van der Waals surface area contributed by atoms with Crippen molar-refractivity contribution in [2.45, 2.75) is 32.8 Å². The van der Waals surface area contributed by atoms with Gasteiger partial charge in [-0.25, -0.2) is 13.4 Å². The largest absolute Gasteiger partial charge is 0.470 e.